The van der Waals surface area contributed by atoms with Crippen LogP contribution in [0.25, 0.3) is 0 Å². The zero-order valence-corrected chi connectivity index (χ0v) is 11.3. The second kappa shape index (κ2) is 5.56. The van der Waals surface area contributed by atoms with E-state index in [0.29, 0.717) is 12.2 Å². The van der Waals surface area contributed by atoms with Crippen molar-refractivity contribution in [3.63, 3.8) is 0 Å². The summed E-state index contributed by atoms with van der Waals surface area (Å²) < 4.78 is 38.3. The minimum atomic E-state index is -4.33. The smallest absolute Gasteiger partial charge is 0.363 e. The number of H-pyrrole nitrogens is 1. The molecular formula is C14H16F3N3. The van der Waals surface area contributed by atoms with E-state index >= 15 is 0 Å². The van der Waals surface area contributed by atoms with Gasteiger partial charge in [-0.3, -0.25) is 0 Å². The van der Waals surface area contributed by atoms with Crippen LogP contribution in [0.4, 0.5) is 18.9 Å². The summed E-state index contributed by atoms with van der Waals surface area (Å²) in [4.78, 5) is 8.78. The van der Waals surface area contributed by atoms with Gasteiger partial charge < -0.3 is 9.88 Å². The van der Waals surface area contributed by atoms with E-state index < -0.39 is 11.7 Å². The van der Waals surface area contributed by atoms with Crippen molar-refractivity contribution < 1.29 is 13.2 Å². The Labute approximate surface area is 115 Å². The normalized spacial score (nSPS) is 11.9. The molecule has 1 N–H and O–H groups in total. The zero-order valence-electron chi connectivity index (χ0n) is 11.3. The van der Waals surface area contributed by atoms with Crippen LogP contribution in [0.2, 0.25) is 0 Å². The fourth-order valence-electron chi connectivity index (χ4n) is 1.99. The Kier molecular flexibility index (Phi) is 4.01. The minimum Gasteiger partial charge on any atom is -0.363 e. The summed E-state index contributed by atoms with van der Waals surface area (Å²) in [6.45, 7) is 4.37. The average molecular weight is 283 g/mol. The molecule has 2 rings (SSSR count). The Hall–Kier alpha value is -1.98. The highest BCUT2D eigenvalue weighted by Crippen LogP contribution is 2.32. The molecule has 108 valence electrons. The predicted octanol–water partition coefficient (Wildman–Crippen LogP) is 3.84. The van der Waals surface area contributed by atoms with E-state index in [-0.39, 0.29) is 6.04 Å². The van der Waals surface area contributed by atoms with E-state index in [9.17, 15) is 13.2 Å². The van der Waals surface area contributed by atoms with Crippen molar-refractivity contribution in [1.82, 2.24) is 9.97 Å². The number of hydrogen-bond donors (Lipinski definition) is 1. The van der Waals surface area contributed by atoms with Crippen LogP contribution in [-0.4, -0.2) is 16.0 Å². The number of nitrogens with one attached hydrogen (secondary N) is 1. The Balaban J connectivity index is 2.30. The third-order valence-corrected chi connectivity index (χ3v) is 3.02. The Bertz CT molecular complexity index is 547. The maximum Gasteiger partial charge on any atom is 0.416 e. The van der Waals surface area contributed by atoms with Crippen LogP contribution in [-0.2, 0) is 12.7 Å². The van der Waals surface area contributed by atoms with E-state index in [2.05, 4.69) is 9.97 Å². The Morgan fingerprint density at radius 2 is 2.05 bits per heavy atom. The molecule has 1 aromatic heterocycles. The van der Waals surface area contributed by atoms with Crippen molar-refractivity contribution in [2.24, 2.45) is 0 Å². The number of aromatic amines is 1. The molecule has 1 heterocycles. The van der Waals surface area contributed by atoms with Crippen molar-refractivity contribution in [1.29, 1.82) is 0 Å². The molecule has 20 heavy (non-hydrogen) atoms. The molecule has 0 atom stereocenters. The second-order valence-corrected chi connectivity index (χ2v) is 4.85. The van der Waals surface area contributed by atoms with Gasteiger partial charge in [0.1, 0.15) is 0 Å². The zero-order chi connectivity index (χ0) is 14.8. The standard InChI is InChI=1S/C14H16F3N3/c1-10(2)20(8-12-7-18-9-19-12)13-5-3-4-11(6-13)14(15,16)17/h3-7,9-10H,8H2,1-2H3,(H,18,19). The summed E-state index contributed by atoms with van der Waals surface area (Å²) in [6.07, 6.45) is -1.10. The van der Waals surface area contributed by atoms with Gasteiger partial charge in [0.2, 0.25) is 0 Å². The number of hydrogen-bond acceptors (Lipinski definition) is 2. The largest absolute Gasteiger partial charge is 0.416 e. The number of alkyl halides is 3. The molecule has 1 aromatic carbocycles. The van der Waals surface area contributed by atoms with Gasteiger partial charge in [0.15, 0.2) is 0 Å². The van der Waals surface area contributed by atoms with E-state index in [4.69, 9.17) is 0 Å². The Morgan fingerprint density at radius 1 is 1.30 bits per heavy atom. The highest BCUT2D eigenvalue weighted by Gasteiger charge is 2.31. The van der Waals surface area contributed by atoms with E-state index in [0.717, 1.165) is 11.8 Å². The summed E-state index contributed by atoms with van der Waals surface area (Å²) in [6, 6.07) is 5.45. The molecule has 0 aliphatic carbocycles. The molecule has 3 nitrogen and oxygen atoms in total. The molecule has 0 fully saturated rings. The highest BCUT2D eigenvalue weighted by atomic mass is 19.4. The quantitative estimate of drug-likeness (QED) is 0.924. The molecule has 6 heteroatoms. The molecule has 2 aromatic rings. The van der Waals surface area contributed by atoms with Gasteiger partial charge in [-0.2, -0.15) is 13.2 Å². The summed E-state index contributed by atoms with van der Waals surface area (Å²) in [5, 5.41) is 0. The first-order valence-corrected chi connectivity index (χ1v) is 6.29. The van der Waals surface area contributed by atoms with Crippen LogP contribution >= 0.6 is 0 Å². The van der Waals surface area contributed by atoms with E-state index in [1.165, 1.54) is 12.1 Å². The van der Waals surface area contributed by atoms with Crippen LogP contribution in [0.5, 0.6) is 0 Å². The van der Waals surface area contributed by atoms with Crippen molar-refractivity contribution in [3.05, 3.63) is 48.0 Å². The van der Waals surface area contributed by atoms with Crippen LogP contribution in [0.1, 0.15) is 25.1 Å². The number of halogens is 3. The molecule has 0 spiro atoms. The lowest BCUT2D eigenvalue weighted by Gasteiger charge is -2.29. The SMILES string of the molecule is CC(C)N(Cc1cnc[nH]1)c1cccc(C(F)(F)F)c1. The minimum absolute atomic E-state index is 0.0711. The molecular weight excluding hydrogens is 267 g/mol. The average Bonchev–Trinajstić information content (AvgIpc) is 2.87. The van der Waals surface area contributed by atoms with Crippen LogP contribution in [0, 0.1) is 0 Å². The first-order chi connectivity index (χ1) is 9.38. The maximum atomic E-state index is 12.8. The number of anilines is 1. The lowest BCUT2D eigenvalue weighted by molar-refractivity contribution is -0.137. The predicted molar refractivity (Wildman–Crippen MR) is 71.4 cm³/mol. The molecule has 0 amide bonds. The summed E-state index contributed by atoms with van der Waals surface area (Å²) in [5.41, 5.74) is 0.769. The van der Waals surface area contributed by atoms with Crippen molar-refractivity contribution in [2.45, 2.75) is 32.6 Å². The lowest BCUT2D eigenvalue weighted by Crippen LogP contribution is -2.30. The number of aromatic nitrogens is 2. The van der Waals surface area contributed by atoms with Gasteiger partial charge in [-0.1, -0.05) is 6.07 Å². The van der Waals surface area contributed by atoms with Gasteiger partial charge in [-0.05, 0) is 32.0 Å². The molecule has 0 saturated carbocycles. The first kappa shape index (κ1) is 14.4. The third kappa shape index (κ3) is 3.31. The lowest BCUT2D eigenvalue weighted by atomic mass is 10.1. The molecule has 0 saturated heterocycles. The highest BCUT2D eigenvalue weighted by molar-refractivity contribution is 5.50. The van der Waals surface area contributed by atoms with Gasteiger partial charge in [-0.15, -0.1) is 0 Å². The fraction of sp³-hybridized carbons (Fsp3) is 0.357. The van der Waals surface area contributed by atoms with E-state index in [1.807, 2.05) is 18.7 Å². The van der Waals surface area contributed by atoms with Crippen LogP contribution in [0.15, 0.2) is 36.8 Å². The summed E-state index contributed by atoms with van der Waals surface area (Å²) in [7, 11) is 0. The Morgan fingerprint density at radius 3 is 2.60 bits per heavy atom. The monoisotopic (exact) mass is 283 g/mol. The van der Waals surface area contributed by atoms with Gasteiger partial charge in [0.05, 0.1) is 24.1 Å². The summed E-state index contributed by atoms with van der Waals surface area (Å²) >= 11 is 0. The van der Waals surface area contributed by atoms with Crippen molar-refractivity contribution in [3.8, 4) is 0 Å². The number of imidazole rings is 1. The topological polar surface area (TPSA) is 31.9 Å². The van der Waals surface area contributed by atoms with Crippen LogP contribution in [0.3, 0.4) is 0 Å². The third-order valence-electron chi connectivity index (χ3n) is 3.02. The number of nitrogens with zero attached hydrogens (tertiary/aromatic N) is 2. The van der Waals surface area contributed by atoms with Gasteiger partial charge >= 0.3 is 6.18 Å². The molecule has 0 radical (unpaired) electrons. The van der Waals surface area contributed by atoms with Gasteiger partial charge in [0.25, 0.3) is 0 Å². The molecule has 0 bridgehead atoms. The molecule has 0 unspecified atom stereocenters. The fourth-order valence-corrected chi connectivity index (χ4v) is 1.99. The molecule has 0 aliphatic rings. The summed E-state index contributed by atoms with van der Waals surface area (Å²) in [5.74, 6) is 0. The van der Waals surface area contributed by atoms with Crippen molar-refractivity contribution >= 4 is 5.69 Å². The first-order valence-electron chi connectivity index (χ1n) is 6.29. The van der Waals surface area contributed by atoms with Crippen molar-refractivity contribution in [2.75, 3.05) is 4.90 Å². The van der Waals surface area contributed by atoms with E-state index in [1.54, 1.807) is 18.6 Å². The molecule has 0 aliphatic heterocycles. The van der Waals surface area contributed by atoms with Gasteiger partial charge in [0, 0.05) is 17.9 Å². The maximum absolute atomic E-state index is 12.8. The van der Waals surface area contributed by atoms with Crippen LogP contribution < -0.4 is 4.90 Å². The number of rotatable bonds is 4. The number of benzene rings is 1. The van der Waals surface area contributed by atoms with Gasteiger partial charge in [-0.25, -0.2) is 4.98 Å². The second-order valence-electron chi connectivity index (χ2n) is 4.85.